The van der Waals surface area contributed by atoms with Gasteiger partial charge in [0, 0.05) is 4.88 Å². The Morgan fingerprint density at radius 1 is 1.16 bits per heavy atom. The van der Waals surface area contributed by atoms with Crippen LogP contribution in [0.1, 0.15) is 42.2 Å². The predicted molar refractivity (Wildman–Crippen MR) is 83.6 cm³/mol. The smallest absolute Gasteiger partial charge is 0.119 e. The standard InChI is InChI=1S/C16H19ClOS/c1-4-12-9-10-19-16(12)15(17)13-5-7-14(8-6-13)18-11(2)3/h5-11,15H,4H2,1-3H3. The zero-order chi connectivity index (χ0) is 13.8. The summed E-state index contributed by atoms with van der Waals surface area (Å²) in [6.07, 6.45) is 1.22. The molecule has 0 spiro atoms. The summed E-state index contributed by atoms with van der Waals surface area (Å²) >= 11 is 8.31. The fraction of sp³-hybridized carbons (Fsp3) is 0.375. The van der Waals surface area contributed by atoms with Gasteiger partial charge in [-0.25, -0.2) is 0 Å². The van der Waals surface area contributed by atoms with Crippen LogP contribution in [-0.4, -0.2) is 6.10 Å². The number of halogens is 1. The summed E-state index contributed by atoms with van der Waals surface area (Å²) in [5.74, 6) is 0.893. The molecule has 1 heterocycles. The fourth-order valence-electron chi connectivity index (χ4n) is 2.00. The highest BCUT2D eigenvalue weighted by Crippen LogP contribution is 2.35. The predicted octanol–water partition coefficient (Wildman–Crippen LogP) is 5.43. The van der Waals surface area contributed by atoms with Gasteiger partial charge in [-0.1, -0.05) is 19.1 Å². The van der Waals surface area contributed by atoms with Gasteiger partial charge < -0.3 is 4.74 Å². The van der Waals surface area contributed by atoms with Crippen LogP contribution in [0.4, 0.5) is 0 Å². The van der Waals surface area contributed by atoms with Gasteiger partial charge in [-0.3, -0.25) is 0 Å². The zero-order valence-electron chi connectivity index (χ0n) is 11.5. The molecule has 0 aliphatic heterocycles. The van der Waals surface area contributed by atoms with Crippen molar-refractivity contribution >= 4 is 22.9 Å². The summed E-state index contributed by atoms with van der Waals surface area (Å²) in [5.41, 5.74) is 2.46. The number of aryl methyl sites for hydroxylation is 1. The average molecular weight is 295 g/mol. The van der Waals surface area contributed by atoms with Gasteiger partial charge in [0.1, 0.15) is 5.75 Å². The lowest BCUT2D eigenvalue weighted by atomic mass is 10.1. The molecule has 0 fully saturated rings. The van der Waals surface area contributed by atoms with E-state index >= 15 is 0 Å². The van der Waals surface area contributed by atoms with Crippen LogP contribution in [0.3, 0.4) is 0 Å². The molecule has 0 amide bonds. The number of benzene rings is 1. The molecule has 1 unspecified atom stereocenters. The minimum atomic E-state index is -0.0666. The Kier molecular flexibility index (Phi) is 4.89. The van der Waals surface area contributed by atoms with Crippen LogP contribution >= 0.6 is 22.9 Å². The SMILES string of the molecule is CCc1ccsc1C(Cl)c1ccc(OC(C)C)cc1. The van der Waals surface area contributed by atoms with Gasteiger partial charge >= 0.3 is 0 Å². The second-order valence-corrected chi connectivity index (χ2v) is 6.15. The molecule has 0 saturated heterocycles. The molecule has 1 atom stereocenters. The second kappa shape index (κ2) is 6.44. The van der Waals surface area contributed by atoms with E-state index in [1.807, 2.05) is 26.0 Å². The topological polar surface area (TPSA) is 9.23 Å². The number of ether oxygens (including phenoxy) is 1. The van der Waals surface area contributed by atoms with Gasteiger partial charge in [-0.15, -0.1) is 22.9 Å². The van der Waals surface area contributed by atoms with Crippen LogP contribution < -0.4 is 4.74 Å². The Labute approximate surface area is 124 Å². The van der Waals surface area contributed by atoms with E-state index in [1.54, 1.807) is 11.3 Å². The first-order valence-electron chi connectivity index (χ1n) is 6.58. The lowest BCUT2D eigenvalue weighted by molar-refractivity contribution is 0.242. The zero-order valence-corrected chi connectivity index (χ0v) is 13.1. The van der Waals surface area contributed by atoms with Crippen molar-refractivity contribution in [2.24, 2.45) is 0 Å². The van der Waals surface area contributed by atoms with Crippen LogP contribution in [-0.2, 0) is 6.42 Å². The van der Waals surface area contributed by atoms with E-state index in [2.05, 4.69) is 30.5 Å². The molecule has 0 saturated carbocycles. The van der Waals surface area contributed by atoms with Gasteiger partial charge in [-0.05, 0) is 55.0 Å². The number of alkyl halides is 1. The van der Waals surface area contributed by atoms with E-state index in [0.29, 0.717) is 0 Å². The van der Waals surface area contributed by atoms with Crippen molar-refractivity contribution in [3.05, 3.63) is 51.7 Å². The Balaban J connectivity index is 2.18. The molecule has 0 aliphatic rings. The van der Waals surface area contributed by atoms with E-state index in [9.17, 15) is 0 Å². The van der Waals surface area contributed by atoms with Crippen LogP contribution in [0.5, 0.6) is 5.75 Å². The Morgan fingerprint density at radius 2 is 1.84 bits per heavy atom. The highest BCUT2D eigenvalue weighted by Gasteiger charge is 2.15. The van der Waals surface area contributed by atoms with Crippen LogP contribution in [0.2, 0.25) is 0 Å². The van der Waals surface area contributed by atoms with Crippen molar-refractivity contribution in [2.45, 2.75) is 38.7 Å². The summed E-state index contributed by atoms with van der Waals surface area (Å²) in [4.78, 5) is 1.25. The summed E-state index contributed by atoms with van der Waals surface area (Å²) in [6, 6.07) is 10.2. The third-order valence-electron chi connectivity index (χ3n) is 2.94. The lowest BCUT2D eigenvalue weighted by Crippen LogP contribution is -2.05. The first-order chi connectivity index (χ1) is 9.11. The molecule has 1 nitrogen and oxygen atoms in total. The minimum absolute atomic E-state index is 0.0666. The number of hydrogen-bond acceptors (Lipinski definition) is 2. The van der Waals surface area contributed by atoms with Crippen molar-refractivity contribution in [3.8, 4) is 5.75 Å². The molecule has 1 aromatic heterocycles. The highest BCUT2D eigenvalue weighted by molar-refractivity contribution is 7.10. The van der Waals surface area contributed by atoms with E-state index in [1.165, 1.54) is 10.4 Å². The summed E-state index contributed by atoms with van der Waals surface area (Å²) < 4.78 is 5.64. The highest BCUT2D eigenvalue weighted by atomic mass is 35.5. The van der Waals surface area contributed by atoms with Crippen LogP contribution in [0.15, 0.2) is 35.7 Å². The van der Waals surface area contributed by atoms with Crippen molar-refractivity contribution in [3.63, 3.8) is 0 Å². The monoisotopic (exact) mass is 294 g/mol. The second-order valence-electron chi connectivity index (χ2n) is 4.76. The molecule has 19 heavy (non-hydrogen) atoms. The molecule has 102 valence electrons. The van der Waals surface area contributed by atoms with E-state index in [4.69, 9.17) is 16.3 Å². The quantitative estimate of drug-likeness (QED) is 0.669. The van der Waals surface area contributed by atoms with Crippen molar-refractivity contribution in [1.29, 1.82) is 0 Å². The van der Waals surface area contributed by atoms with E-state index in [0.717, 1.165) is 17.7 Å². The third kappa shape index (κ3) is 3.52. The fourth-order valence-corrected chi connectivity index (χ4v) is 3.44. The average Bonchev–Trinajstić information content (AvgIpc) is 2.86. The van der Waals surface area contributed by atoms with E-state index < -0.39 is 0 Å². The van der Waals surface area contributed by atoms with E-state index in [-0.39, 0.29) is 11.5 Å². The lowest BCUT2D eigenvalue weighted by Gasteiger charge is -2.13. The first-order valence-corrected chi connectivity index (χ1v) is 7.90. The number of rotatable bonds is 5. The maximum atomic E-state index is 6.58. The summed E-state index contributed by atoms with van der Waals surface area (Å²) in [7, 11) is 0. The summed E-state index contributed by atoms with van der Waals surface area (Å²) in [5, 5.41) is 2.04. The van der Waals surface area contributed by atoms with Gasteiger partial charge in [0.15, 0.2) is 0 Å². The Morgan fingerprint density at radius 3 is 2.42 bits per heavy atom. The van der Waals surface area contributed by atoms with Crippen molar-refractivity contribution in [1.82, 2.24) is 0 Å². The Bertz CT molecular complexity index is 516. The Hall–Kier alpha value is -0.990. The third-order valence-corrected chi connectivity index (χ3v) is 4.56. The normalized spacial score (nSPS) is 12.7. The summed E-state index contributed by atoms with van der Waals surface area (Å²) in [6.45, 7) is 6.21. The number of thiophene rings is 1. The van der Waals surface area contributed by atoms with Crippen molar-refractivity contribution in [2.75, 3.05) is 0 Å². The molecule has 0 bridgehead atoms. The maximum Gasteiger partial charge on any atom is 0.119 e. The molecular weight excluding hydrogens is 276 g/mol. The minimum Gasteiger partial charge on any atom is -0.491 e. The van der Waals surface area contributed by atoms with Gasteiger partial charge in [0.25, 0.3) is 0 Å². The molecule has 0 radical (unpaired) electrons. The largest absolute Gasteiger partial charge is 0.491 e. The first kappa shape index (κ1) is 14.4. The molecule has 2 rings (SSSR count). The van der Waals surface area contributed by atoms with Crippen molar-refractivity contribution < 1.29 is 4.74 Å². The molecular formula is C16H19ClOS. The molecule has 2 aromatic rings. The molecule has 0 N–H and O–H groups in total. The molecule has 3 heteroatoms. The van der Waals surface area contributed by atoms with Crippen LogP contribution in [0, 0.1) is 0 Å². The van der Waals surface area contributed by atoms with Gasteiger partial charge in [-0.2, -0.15) is 0 Å². The van der Waals surface area contributed by atoms with Crippen LogP contribution in [0.25, 0.3) is 0 Å². The number of hydrogen-bond donors (Lipinski definition) is 0. The molecule has 0 aliphatic carbocycles. The van der Waals surface area contributed by atoms with Gasteiger partial charge in [0.05, 0.1) is 11.5 Å². The molecule has 1 aromatic carbocycles. The van der Waals surface area contributed by atoms with Gasteiger partial charge in [0.2, 0.25) is 0 Å². The maximum absolute atomic E-state index is 6.58.